The Bertz CT molecular complexity index is 508. The molecule has 3 heteroatoms. The summed E-state index contributed by atoms with van der Waals surface area (Å²) >= 11 is 0. The fourth-order valence-electron chi connectivity index (χ4n) is 1.70. The number of nitriles is 2. The van der Waals surface area contributed by atoms with Gasteiger partial charge in [0.05, 0.1) is 22.5 Å². The zero-order valence-corrected chi connectivity index (χ0v) is 10.3. The zero-order valence-electron chi connectivity index (χ0n) is 10.3. The van der Waals surface area contributed by atoms with E-state index < -0.39 is 0 Å². The molecule has 0 aromatic carbocycles. The first-order valence-electron chi connectivity index (χ1n) is 5.14. The van der Waals surface area contributed by atoms with Crippen LogP contribution in [-0.4, -0.2) is 4.98 Å². The Hall–Kier alpha value is -1.87. The molecule has 16 heavy (non-hydrogen) atoms. The van der Waals surface area contributed by atoms with Gasteiger partial charge in [0.2, 0.25) is 0 Å². The molecule has 1 rings (SSSR count). The Balaban J connectivity index is 3.71. The first-order valence-corrected chi connectivity index (χ1v) is 5.14. The Morgan fingerprint density at radius 1 is 1.00 bits per heavy atom. The highest BCUT2D eigenvalue weighted by atomic mass is 14.7. The topological polar surface area (TPSA) is 60.5 Å². The van der Waals surface area contributed by atoms with Crippen molar-refractivity contribution in [3.8, 4) is 12.1 Å². The van der Waals surface area contributed by atoms with E-state index in [2.05, 4.69) is 17.1 Å². The third-order valence-corrected chi connectivity index (χ3v) is 2.56. The van der Waals surface area contributed by atoms with Gasteiger partial charge in [-0.05, 0) is 19.4 Å². The Morgan fingerprint density at radius 2 is 1.50 bits per heavy atom. The second kappa shape index (κ2) is 3.94. The highest BCUT2D eigenvalue weighted by molar-refractivity contribution is 5.52. The van der Waals surface area contributed by atoms with Gasteiger partial charge in [0.15, 0.2) is 0 Å². The van der Waals surface area contributed by atoms with Crippen molar-refractivity contribution >= 4 is 0 Å². The minimum atomic E-state index is -0.186. The van der Waals surface area contributed by atoms with Crippen LogP contribution in [0, 0.1) is 36.5 Å². The molecule has 0 fully saturated rings. The van der Waals surface area contributed by atoms with Gasteiger partial charge in [-0.1, -0.05) is 20.8 Å². The summed E-state index contributed by atoms with van der Waals surface area (Å²) in [7, 11) is 0. The molecule has 0 saturated carbocycles. The number of rotatable bonds is 0. The molecule has 82 valence electrons. The number of hydrogen-bond donors (Lipinski definition) is 0. The van der Waals surface area contributed by atoms with E-state index >= 15 is 0 Å². The van der Waals surface area contributed by atoms with E-state index in [0.29, 0.717) is 16.8 Å². The summed E-state index contributed by atoms with van der Waals surface area (Å²) in [5, 5.41) is 18.2. The normalized spacial score (nSPS) is 10.7. The van der Waals surface area contributed by atoms with Crippen LogP contribution in [0.2, 0.25) is 0 Å². The van der Waals surface area contributed by atoms with Crippen molar-refractivity contribution in [2.75, 3.05) is 0 Å². The Labute approximate surface area is 96.4 Å². The van der Waals surface area contributed by atoms with Crippen LogP contribution in [0.5, 0.6) is 0 Å². The van der Waals surface area contributed by atoms with Gasteiger partial charge in [-0.25, -0.2) is 0 Å². The molecule has 0 radical (unpaired) electrons. The summed E-state index contributed by atoms with van der Waals surface area (Å²) < 4.78 is 0. The molecule has 1 heterocycles. The molecule has 0 spiro atoms. The second-order valence-electron chi connectivity index (χ2n) is 4.89. The maximum Gasteiger partial charge on any atom is 0.101 e. The maximum atomic E-state index is 9.17. The molecule has 1 aromatic rings. The number of aromatic nitrogens is 1. The van der Waals surface area contributed by atoms with E-state index in [9.17, 15) is 5.26 Å². The first kappa shape index (κ1) is 12.2. The van der Waals surface area contributed by atoms with E-state index in [1.807, 2.05) is 27.7 Å². The molecule has 0 N–H and O–H groups in total. The first-order chi connectivity index (χ1) is 7.32. The minimum absolute atomic E-state index is 0.186. The van der Waals surface area contributed by atoms with Crippen LogP contribution in [0.4, 0.5) is 0 Å². The highest BCUT2D eigenvalue weighted by Gasteiger charge is 2.23. The summed E-state index contributed by atoms with van der Waals surface area (Å²) in [6.45, 7) is 9.66. The fourth-order valence-corrected chi connectivity index (χ4v) is 1.70. The van der Waals surface area contributed by atoms with Gasteiger partial charge in [-0.2, -0.15) is 10.5 Å². The Kier molecular flexibility index (Phi) is 3.01. The largest absolute Gasteiger partial charge is 0.255 e. The average molecular weight is 213 g/mol. The van der Waals surface area contributed by atoms with Crippen LogP contribution < -0.4 is 0 Å². The van der Waals surface area contributed by atoms with Crippen molar-refractivity contribution < 1.29 is 0 Å². The number of hydrogen-bond acceptors (Lipinski definition) is 3. The summed E-state index contributed by atoms with van der Waals surface area (Å²) in [5.74, 6) is 0. The summed E-state index contributed by atoms with van der Waals surface area (Å²) in [5.41, 5.74) is 3.07. The van der Waals surface area contributed by atoms with Gasteiger partial charge in [0, 0.05) is 5.41 Å². The van der Waals surface area contributed by atoms with E-state index in [1.165, 1.54) is 0 Å². The summed E-state index contributed by atoms with van der Waals surface area (Å²) in [6.07, 6.45) is 0. The van der Waals surface area contributed by atoms with Crippen LogP contribution in [0.15, 0.2) is 0 Å². The molecule has 0 saturated heterocycles. The van der Waals surface area contributed by atoms with Gasteiger partial charge in [0.1, 0.15) is 12.1 Å². The molecule has 0 aliphatic rings. The van der Waals surface area contributed by atoms with Crippen LogP contribution in [0.3, 0.4) is 0 Å². The quantitative estimate of drug-likeness (QED) is 0.665. The maximum absolute atomic E-state index is 9.17. The van der Waals surface area contributed by atoms with Crippen LogP contribution in [-0.2, 0) is 5.41 Å². The second-order valence-corrected chi connectivity index (χ2v) is 4.89. The van der Waals surface area contributed by atoms with E-state index in [0.717, 1.165) is 11.3 Å². The van der Waals surface area contributed by atoms with Crippen LogP contribution in [0.1, 0.15) is 48.8 Å². The highest BCUT2D eigenvalue weighted by Crippen LogP contribution is 2.28. The average Bonchev–Trinajstić information content (AvgIpc) is 2.16. The van der Waals surface area contributed by atoms with Crippen molar-refractivity contribution in [1.82, 2.24) is 4.98 Å². The molecule has 3 nitrogen and oxygen atoms in total. The third kappa shape index (κ3) is 1.90. The lowest BCUT2D eigenvalue weighted by molar-refractivity contribution is 0.564. The molecule has 0 bridgehead atoms. The van der Waals surface area contributed by atoms with Crippen molar-refractivity contribution in [3.63, 3.8) is 0 Å². The lowest BCUT2D eigenvalue weighted by atomic mass is 9.86. The van der Waals surface area contributed by atoms with Crippen molar-refractivity contribution in [3.05, 3.63) is 28.1 Å². The number of nitrogens with zero attached hydrogens (tertiary/aromatic N) is 3. The van der Waals surface area contributed by atoms with Crippen LogP contribution >= 0.6 is 0 Å². The van der Waals surface area contributed by atoms with Gasteiger partial charge in [-0.3, -0.25) is 4.98 Å². The van der Waals surface area contributed by atoms with Crippen LogP contribution in [0.25, 0.3) is 0 Å². The lowest BCUT2D eigenvalue weighted by Crippen LogP contribution is -2.18. The van der Waals surface area contributed by atoms with Crippen molar-refractivity contribution in [2.24, 2.45) is 0 Å². The predicted molar refractivity (Wildman–Crippen MR) is 61.8 cm³/mol. The van der Waals surface area contributed by atoms with Gasteiger partial charge < -0.3 is 0 Å². The fraction of sp³-hybridized carbons (Fsp3) is 0.462. The molecule has 1 aromatic heterocycles. The number of aryl methyl sites for hydroxylation is 1. The van der Waals surface area contributed by atoms with E-state index in [4.69, 9.17) is 5.26 Å². The van der Waals surface area contributed by atoms with Crippen molar-refractivity contribution in [1.29, 1.82) is 10.5 Å². The van der Waals surface area contributed by atoms with Gasteiger partial charge in [0.25, 0.3) is 0 Å². The monoisotopic (exact) mass is 213 g/mol. The molecule has 0 amide bonds. The van der Waals surface area contributed by atoms with E-state index in [1.54, 1.807) is 6.92 Å². The lowest BCUT2D eigenvalue weighted by Gasteiger charge is -2.21. The molecule has 0 atom stereocenters. The smallest absolute Gasteiger partial charge is 0.101 e. The van der Waals surface area contributed by atoms with Gasteiger partial charge >= 0.3 is 0 Å². The Morgan fingerprint density at radius 3 is 1.88 bits per heavy atom. The van der Waals surface area contributed by atoms with Crippen molar-refractivity contribution in [2.45, 2.75) is 40.0 Å². The minimum Gasteiger partial charge on any atom is -0.255 e. The van der Waals surface area contributed by atoms with Gasteiger partial charge in [-0.15, -0.1) is 0 Å². The molecular weight excluding hydrogens is 198 g/mol. The standard InChI is InChI=1S/C13H15N3/c1-8-10(6-14)9(2)16-12(11(8)7-15)13(3,4)5/h1-5H3. The predicted octanol–water partition coefficient (Wildman–Crippen LogP) is 2.74. The molecule has 0 aliphatic carbocycles. The summed E-state index contributed by atoms with van der Waals surface area (Å²) in [4.78, 5) is 4.40. The summed E-state index contributed by atoms with van der Waals surface area (Å²) in [6, 6.07) is 4.26. The molecule has 0 unspecified atom stereocenters. The van der Waals surface area contributed by atoms with E-state index in [-0.39, 0.29) is 5.41 Å². The SMILES string of the molecule is Cc1nc(C(C)(C)C)c(C#N)c(C)c1C#N. The molecular formula is C13H15N3. The number of pyridine rings is 1. The zero-order chi connectivity index (χ0) is 12.5. The molecule has 0 aliphatic heterocycles. The third-order valence-electron chi connectivity index (χ3n) is 2.56.